The summed E-state index contributed by atoms with van der Waals surface area (Å²) >= 11 is 0. The van der Waals surface area contributed by atoms with Crippen molar-refractivity contribution >= 4 is 15.9 Å². The Bertz CT molecular complexity index is 1180. The number of hydrogen-bond acceptors (Lipinski definition) is 4. The van der Waals surface area contributed by atoms with E-state index in [9.17, 15) is 17.6 Å². The second-order valence-electron chi connectivity index (χ2n) is 7.45. The van der Waals surface area contributed by atoms with Crippen molar-refractivity contribution in [3.05, 3.63) is 90.2 Å². The normalized spacial score (nSPS) is 15.2. The minimum Gasteiger partial charge on any atom is -0.457 e. The second kappa shape index (κ2) is 9.50. The first-order valence-electron chi connectivity index (χ1n) is 10.3. The summed E-state index contributed by atoms with van der Waals surface area (Å²) in [4.78, 5) is 14.8. The summed E-state index contributed by atoms with van der Waals surface area (Å²) in [5, 5.41) is 0. The molecule has 0 bridgehead atoms. The molecule has 166 valence electrons. The number of halogens is 1. The Morgan fingerprint density at radius 3 is 2.28 bits per heavy atom. The van der Waals surface area contributed by atoms with E-state index in [4.69, 9.17) is 4.74 Å². The average Bonchev–Trinajstić information content (AvgIpc) is 3.07. The van der Waals surface area contributed by atoms with Crippen molar-refractivity contribution in [1.29, 1.82) is 0 Å². The van der Waals surface area contributed by atoms with Crippen LogP contribution in [0.15, 0.2) is 83.8 Å². The van der Waals surface area contributed by atoms with Crippen LogP contribution >= 0.6 is 0 Å². The van der Waals surface area contributed by atoms with Crippen molar-refractivity contribution in [1.82, 2.24) is 9.21 Å². The molecule has 0 spiro atoms. The van der Waals surface area contributed by atoms with Gasteiger partial charge in [0.2, 0.25) is 10.0 Å². The minimum atomic E-state index is -3.75. The van der Waals surface area contributed by atoms with Crippen LogP contribution in [0.2, 0.25) is 0 Å². The summed E-state index contributed by atoms with van der Waals surface area (Å²) in [5.41, 5.74) is 0.480. The Morgan fingerprint density at radius 2 is 1.53 bits per heavy atom. The molecule has 0 unspecified atom stereocenters. The Balaban J connectivity index is 1.45. The Labute approximate surface area is 186 Å². The minimum absolute atomic E-state index is 0.0458. The molecule has 3 aromatic carbocycles. The van der Waals surface area contributed by atoms with Gasteiger partial charge in [-0.05, 0) is 61.0 Å². The highest BCUT2D eigenvalue weighted by Crippen LogP contribution is 2.23. The maximum atomic E-state index is 13.2. The Morgan fingerprint density at radius 1 is 0.812 bits per heavy atom. The summed E-state index contributed by atoms with van der Waals surface area (Å²) in [6.07, 6.45) is 0.506. The van der Waals surface area contributed by atoms with Gasteiger partial charge in [-0.25, -0.2) is 12.8 Å². The number of amides is 1. The summed E-state index contributed by atoms with van der Waals surface area (Å²) in [6.45, 7) is 1.17. The van der Waals surface area contributed by atoms with Crippen molar-refractivity contribution < 1.29 is 22.3 Å². The molecular formula is C24H23FN2O4S. The fourth-order valence-corrected chi connectivity index (χ4v) is 5.06. The van der Waals surface area contributed by atoms with Crippen LogP contribution in [0.4, 0.5) is 4.39 Å². The van der Waals surface area contributed by atoms with Gasteiger partial charge in [0.25, 0.3) is 5.91 Å². The van der Waals surface area contributed by atoms with Crippen LogP contribution in [0.1, 0.15) is 16.8 Å². The number of ether oxygens (including phenoxy) is 1. The maximum absolute atomic E-state index is 13.2. The number of para-hydroxylation sites is 1. The van der Waals surface area contributed by atoms with Crippen LogP contribution in [0, 0.1) is 5.82 Å². The van der Waals surface area contributed by atoms with Gasteiger partial charge in [0.05, 0.1) is 4.90 Å². The molecule has 0 aromatic heterocycles. The number of carbonyl (C=O) groups excluding carboxylic acids is 1. The van der Waals surface area contributed by atoms with E-state index in [0.29, 0.717) is 36.6 Å². The van der Waals surface area contributed by atoms with Crippen LogP contribution in [0.25, 0.3) is 0 Å². The van der Waals surface area contributed by atoms with Crippen molar-refractivity contribution in [3.63, 3.8) is 0 Å². The Kier molecular flexibility index (Phi) is 6.53. The summed E-state index contributed by atoms with van der Waals surface area (Å²) in [5.74, 6) is 0.561. The molecule has 1 fully saturated rings. The van der Waals surface area contributed by atoms with Gasteiger partial charge in [-0.1, -0.05) is 24.3 Å². The monoisotopic (exact) mass is 454 g/mol. The molecule has 0 aliphatic carbocycles. The second-order valence-corrected chi connectivity index (χ2v) is 9.38. The van der Waals surface area contributed by atoms with Crippen molar-refractivity contribution in [2.75, 3.05) is 26.2 Å². The van der Waals surface area contributed by atoms with Gasteiger partial charge >= 0.3 is 0 Å². The van der Waals surface area contributed by atoms with Gasteiger partial charge < -0.3 is 9.64 Å². The summed E-state index contributed by atoms with van der Waals surface area (Å²) in [6, 6.07) is 21.0. The molecule has 0 N–H and O–H groups in total. The van der Waals surface area contributed by atoms with E-state index in [1.807, 2.05) is 30.3 Å². The number of hydrogen-bond donors (Lipinski definition) is 0. The van der Waals surface area contributed by atoms with Gasteiger partial charge in [-0.3, -0.25) is 4.79 Å². The smallest absolute Gasteiger partial charge is 0.254 e. The third-order valence-electron chi connectivity index (χ3n) is 5.25. The molecule has 32 heavy (non-hydrogen) atoms. The van der Waals surface area contributed by atoms with E-state index >= 15 is 0 Å². The number of nitrogens with zero attached hydrogens (tertiary/aromatic N) is 2. The van der Waals surface area contributed by atoms with Crippen molar-refractivity contribution in [3.8, 4) is 11.5 Å². The van der Waals surface area contributed by atoms with E-state index in [-0.39, 0.29) is 23.9 Å². The fourth-order valence-electron chi connectivity index (χ4n) is 3.59. The SMILES string of the molecule is O=C(c1cccc(Oc2ccccc2)c1)N1CCCN(S(=O)(=O)c2ccc(F)cc2)CC1. The van der Waals surface area contributed by atoms with Crippen LogP contribution in [-0.2, 0) is 10.0 Å². The Hall–Kier alpha value is -3.23. The number of carbonyl (C=O) groups is 1. The van der Waals surface area contributed by atoms with Crippen LogP contribution < -0.4 is 4.74 Å². The van der Waals surface area contributed by atoms with E-state index in [2.05, 4.69) is 0 Å². The van der Waals surface area contributed by atoms with Crippen LogP contribution in [0.5, 0.6) is 11.5 Å². The average molecular weight is 455 g/mol. The molecule has 1 amide bonds. The van der Waals surface area contributed by atoms with Gasteiger partial charge in [0.15, 0.2) is 0 Å². The molecule has 1 heterocycles. The van der Waals surface area contributed by atoms with Gasteiger partial charge in [0.1, 0.15) is 17.3 Å². The van der Waals surface area contributed by atoms with E-state index in [1.54, 1.807) is 29.2 Å². The highest BCUT2D eigenvalue weighted by atomic mass is 32.2. The molecular weight excluding hydrogens is 431 g/mol. The lowest BCUT2D eigenvalue weighted by atomic mass is 10.2. The molecule has 1 saturated heterocycles. The van der Waals surface area contributed by atoms with Crippen LogP contribution in [0.3, 0.4) is 0 Å². The molecule has 0 saturated carbocycles. The molecule has 0 radical (unpaired) electrons. The lowest BCUT2D eigenvalue weighted by molar-refractivity contribution is 0.0764. The highest BCUT2D eigenvalue weighted by Gasteiger charge is 2.28. The standard InChI is InChI=1S/C24H23FN2O4S/c25-20-10-12-23(13-11-20)32(29,30)27-15-5-14-26(16-17-27)24(28)19-6-4-9-22(18-19)31-21-7-2-1-3-8-21/h1-4,6-13,18H,5,14-17H2. The largest absolute Gasteiger partial charge is 0.457 e. The molecule has 3 aromatic rings. The number of benzene rings is 3. The zero-order chi connectivity index (χ0) is 22.6. The zero-order valence-electron chi connectivity index (χ0n) is 17.4. The number of rotatable bonds is 5. The molecule has 4 rings (SSSR count). The maximum Gasteiger partial charge on any atom is 0.254 e. The van der Waals surface area contributed by atoms with E-state index in [1.165, 1.54) is 16.4 Å². The van der Waals surface area contributed by atoms with Gasteiger partial charge in [-0.15, -0.1) is 0 Å². The third-order valence-corrected chi connectivity index (χ3v) is 7.17. The predicted octanol–water partition coefficient (Wildman–Crippen LogP) is 4.15. The van der Waals surface area contributed by atoms with E-state index in [0.717, 1.165) is 12.1 Å². The topological polar surface area (TPSA) is 66.9 Å². The molecule has 6 nitrogen and oxygen atoms in total. The molecule has 1 aliphatic heterocycles. The summed E-state index contributed by atoms with van der Waals surface area (Å²) in [7, 11) is -3.75. The molecule has 1 aliphatic rings. The highest BCUT2D eigenvalue weighted by molar-refractivity contribution is 7.89. The van der Waals surface area contributed by atoms with E-state index < -0.39 is 15.8 Å². The lowest BCUT2D eigenvalue weighted by Gasteiger charge is -2.22. The molecule has 8 heteroatoms. The predicted molar refractivity (Wildman–Crippen MR) is 119 cm³/mol. The van der Waals surface area contributed by atoms with Crippen molar-refractivity contribution in [2.24, 2.45) is 0 Å². The molecule has 0 atom stereocenters. The first kappa shape index (κ1) is 22.0. The fraction of sp³-hybridized carbons (Fsp3) is 0.208. The zero-order valence-corrected chi connectivity index (χ0v) is 18.2. The lowest BCUT2D eigenvalue weighted by Crippen LogP contribution is -2.37. The summed E-state index contributed by atoms with van der Waals surface area (Å²) < 4.78 is 46.1. The third kappa shape index (κ3) is 4.98. The van der Waals surface area contributed by atoms with Crippen molar-refractivity contribution in [2.45, 2.75) is 11.3 Å². The quantitative estimate of drug-likeness (QED) is 0.581. The van der Waals surface area contributed by atoms with Gasteiger partial charge in [0, 0.05) is 31.7 Å². The van der Waals surface area contributed by atoms with Crippen LogP contribution in [-0.4, -0.2) is 49.7 Å². The number of sulfonamides is 1. The van der Waals surface area contributed by atoms with Gasteiger partial charge in [-0.2, -0.15) is 4.31 Å². The first-order chi connectivity index (χ1) is 15.4. The first-order valence-corrected chi connectivity index (χ1v) is 11.8.